The Bertz CT molecular complexity index is 388. The van der Waals surface area contributed by atoms with Crippen molar-refractivity contribution >= 4 is 10.0 Å². The van der Waals surface area contributed by atoms with Crippen LogP contribution in [0.5, 0.6) is 5.75 Å². The molecule has 0 aliphatic heterocycles. The minimum absolute atomic E-state index is 0.123. The summed E-state index contributed by atoms with van der Waals surface area (Å²) in [6, 6.07) is 5.90. The van der Waals surface area contributed by atoms with E-state index in [-0.39, 0.29) is 4.90 Å². The van der Waals surface area contributed by atoms with Crippen molar-refractivity contribution in [3.05, 3.63) is 24.3 Å². The van der Waals surface area contributed by atoms with Gasteiger partial charge in [0.25, 0.3) is 0 Å². The third-order valence-electron chi connectivity index (χ3n) is 1.52. The predicted molar refractivity (Wildman–Crippen MR) is 47.5 cm³/mol. The smallest absolute Gasteiger partial charge is 0.240 e. The van der Waals surface area contributed by atoms with E-state index in [1.807, 2.05) is 0 Å². The molecule has 0 atom stereocenters. The molecule has 0 aliphatic rings. The van der Waals surface area contributed by atoms with Crippen molar-refractivity contribution in [2.24, 2.45) is 5.90 Å². The fourth-order valence-corrected chi connectivity index (χ4v) is 1.60. The lowest BCUT2D eigenvalue weighted by molar-refractivity contribution is 0.333. The van der Waals surface area contributed by atoms with Crippen LogP contribution < -0.4 is 15.5 Å². The van der Waals surface area contributed by atoms with Gasteiger partial charge in [-0.15, -0.1) is 0 Å². The van der Waals surface area contributed by atoms with Gasteiger partial charge in [0.1, 0.15) is 5.75 Å². The zero-order valence-corrected chi connectivity index (χ0v) is 7.84. The van der Waals surface area contributed by atoms with E-state index < -0.39 is 10.0 Å². The summed E-state index contributed by atoms with van der Waals surface area (Å²) in [5.41, 5.74) is 0. The van der Waals surface area contributed by atoms with Gasteiger partial charge in [-0.3, -0.25) is 0 Å². The molecule has 0 unspecified atom stereocenters. The highest BCUT2D eigenvalue weighted by molar-refractivity contribution is 7.89. The minimum atomic E-state index is -3.42. The first-order valence-corrected chi connectivity index (χ1v) is 4.99. The summed E-state index contributed by atoms with van der Waals surface area (Å²) in [5, 5.41) is 0. The first-order chi connectivity index (χ1) is 6.10. The van der Waals surface area contributed by atoms with E-state index in [0.717, 1.165) is 0 Å². The molecule has 1 aromatic carbocycles. The Balaban J connectivity index is 3.17. The average Bonchev–Trinajstić information content (AvgIpc) is 2.18. The van der Waals surface area contributed by atoms with Crippen LogP contribution in [-0.2, 0) is 10.0 Å². The van der Waals surface area contributed by atoms with Crippen molar-refractivity contribution in [1.82, 2.24) is 4.72 Å². The predicted octanol–water partition coefficient (Wildman–Crippen LogP) is -0.153. The minimum Gasteiger partial charge on any atom is -0.411 e. The molecule has 0 radical (unpaired) electrons. The number of hydrogen-bond donors (Lipinski definition) is 2. The van der Waals surface area contributed by atoms with Crippen LogP contribution in [-0.4, -0.2) is 15.5 Å². The molecule has 0 bridgehead atoms. The molecule has 3 N–H and O–H groups in total. The number of rotatable bonds is 3. The van der Waals surface area contributed by atoms with Crippen LogP contribution in [0.25, 0.3) is 0 Å². The summed E-state index contributed by atoms with van der Waals surface area (Å²) in [6.07, 6.45) is 0. The molecule has 0 amide bonds. The van der Waals surface area contributed by atoms with E-state index in [2.05, 4.69) is 9.56 Å². The first-order valence-electron chi connectivity index (χ1n) is 3.50. The Hall–Kier alpha value is -1.11. The van der Waals surface area contributed by atoms with Gasteiger partial charge in [-0.25, -0.2) is 13.1 Å². The van der Waals surface area contributed by atoms with E-state index in [1.54, 1.807) is 12.1 Å². The van der Waals surface area contributed by atoms with Gasteiger partial charge in [0, 0.05) is 6.07 Å². The van der Waals surface area contributed by atoms with Crippen molar-refractivity contribution in [3.63, 3.8) is 0 Å². The molecule has 0 spiro atoms. The second-order valence-corrected chi connectivity index (χ2v) is 4.19. The third-order valence-corrected chi connectivity index (χ3v) is 2.93. The quantitative estimate of drug-likeness (QED) is 0.668. The summed E-state index contributed by atoms with van der Waals surface area (Å²) in [5.74, 6) is 5.19. The summed E-state index contributed by atoms with van der Waals surface area (Å²) >= 11 is 0. The van der Waals surface area contributed by atoms with Crippen LogP contribution in [0.3, 0.4) is 0 Å². The second kappa shape index (κ2) is 3.73. The average molecular weight is 202 g/mol. The molecule has 1 rings (SSSR count). The summed E-state index contributed by atoms with van der Waals surface area (Å²) in [6.45, 7) is 0. The summed E-state index contributed by atoms with van der Waals surface area (Å²) < 4.78 is 24.7. The molecular formula is C7H10N2O3S. The van der Waals surface area contributed by atoms with E-state index in [1.165, 1.54) is 19.2 Å². The molecule has 1 aromatic rings. The lowest BCUT2D eigenvalue weighted by Gasteiger charge is -2.03. The largest absolute Gasteiger partial charge is 0.411 e. The molecule has 0 saturated heterocycles. The van der Waals surface area contributed by atoms with Crippen LogP contribution in [0.15, 0.2) is 29.2 Å². The van der Waals surface area contributed by atoms with Gasteiger partial charge in [-0.2, -0.15) is 5.90 Å². The number of hydrogen-bond acceptors (Lipinski definition) is 4. The monoisotopic (exact) mass is 202 g/mol. The highest BCUT2D eigenvalue weighted by Gasteiger charge is 2.11. The van der Waals surface area contributed by atoms with Crippen molar-refractivity contribution in [1.29, 1.82) is 0 Å². The zero-order chi connectivity index (χ0) is 9.90. The Morgan fingerprint density at radius 2 is 2.15 bits per heavy atom. The number of sulfonamides is 1. The fraction of sp³-hybridized carbons (Fsp3) is 0.143. The van der Waals surface area contributed by atoms with E-state index in [4.69, 9.17) is 5.90 Å². The van der Waals surface area contributed by atoms with Gasteiger partial charge in [-0.1, -0.05) is 6.07 Å². The van der Waals surface area contributed by atoms with E-state index in [0.29, 0.717) is 5.75 Å². The molecule has 0 saturated carbocycles. The topological polar surface area (TPSA) is 81.4 Å². The van der Waals surface area contributed by atoms with Crippen molar-refractivity contribution < 1.29 is 13.3 Å². The molecule has 6 heteroatoms. The maximum atomic E-state index is 11.3. The van der Waals surface area contributed by atoms with Gasteiger partial charge in [0.05, 0.1) is 4.90 Å². The Morgan fingerprint density at radius 3 is 2.69 bits per heavy atom. The van der Waals surface area contributed by atoms with Crippen LogP contribution in [0.2, 0.25) is 0 Å². The van der Waals surface area contributed by atoms with Gasteiger partial charge in [0.2, 0.25) is 10.0 Å². The normalized spacial score (nSPS) is 11.2. The number of benzene rings is 1. The van der Waals surface area contributed by atoms with Gasteiger partial charge < -0.3 is 4.84 Å². The molecule has 0 aromatic heterocycles. The lowest BCUT2D eigenvalue weighted by Crippen LogP contribution is -2.18. The van der Waals surface area contributed by atoms with E-state index in [9.17, 15) is 8.42 Å². The SMILES string of the molecule is CNS(=O)(=O)c1cccc(ON)c1. The number of nitrogens with two attached hydrogens (primary N) is 1. The molecule has 0 aliphatic carbocycles. The molecule has 0 heterocycles. The Labute approximate surface area is 76.5 Å². The Kier molecular flexibility index (Phi) is 2.86. The summed E-state index contributed by atoms with van der Waals surface area (Å²) in [4.78, 5) is 4.53. The maximum Gasteiger partial charge on any atom is 0.240 e. The maximum absolute atomic E-state index is 11.3. The van der Waals surface area contributed by atoms with Crippen molar-refractivity contribution in [3.8, 4) is 5.75 Å². The fourth-order valence-electron chi connectivity index (χ4n) is 0.833. The van der Waals surface area contributed by atoms with Crippen molar-refractivity contribution in [2.75, 3.05) is 7.05 Å². The number of nitrogens with one attached hydrogen (secondary N) is 1. The molecule has 0 fully saturated rings. The molecule has 13 heavy (non-hydrogen) atoms. The molecule has 5 nitrogen and oxygen atoms in total. The standard InChI is InChI=1S/C7H10N2O3S/c1-9-13(10,11)7-4-2-3-6(5-7)12-8/h2-5,9H,8H2,1H3. The van der Waals surface area contributed by atoms with Gasteiger partial charge in [0.15, 0.2) is 0 Å². The van der Waals surface area contributed by atoms with Crippen LogP contribution in [0, 0.1) is 0 Å². The zero-order valence-electron chi connectivity index (χ0n) is 7.02. The highest BCUT2D eigenvalue weighted by Crippen LogP contribution is 2.15. The second-order valence-electron chi connectivity index (χ2n) is 2.30. The molecular weight excluding hydrogens is 192 g/mol. The van der Waals surface area contributed by atoms with Crippen LogP contribution in [0.1, 0.15) is 0 Å². The molecule has 72 valence electrons. The highest BCUT2D eigenvalue weighted by atomic mass is 32.2. The van der Waals surface area contributed by atoms with Crippen LogP contribution in [0.4, 0.5) is 0 Å². The third kappa shape index (κ3) is 2.18. The summed E-state index contributed by atoms with van der Waals surface area (Å²) in [7, 11) is -2.08. The lowest BCUT2D eigenvalue weighted by atomic mass is 10.3. The van der Waals surface area contributed by atoms with Crippen LogP contribution >= 0.6 is 0 Å². The van der Waals surface area contributed by atoms with Crippen molar-refractivity contribution in [2.45, 2.75) is 4.90 Å². The van der Waals surface area contributed by atoms with Gasteiger partial charge >= 0.3 is 0 Å². The van der Waals surface area contributed by atoms with E-state index >= 15 is 0 Å². The first kappa shape index (κ1) is 9.97. The Morgan fingerprint density at radius 1 is 1.46 bits per heavy atom. The van der Waals surface area contributed by atoms with Gasteiger partial charge in [-0.05, 0) is 19.2 Å².